The highest BCUT2D eigenvalue weighted by Gasteiger charge is 2.09. The molecule has 0 spiro atoms. The number of nitrogens with zero attached hydrogens (tertiary/aromatic N) is 2. The summed E-state index contributed by atoms with van der Waals surface area (Å²) in [6, 6.07) is 1.78. The van der Waals surface area contributed by atoms with Gasteiger partial charge in [-0.15, -0.1) is 5.10 Å². The summed E-state index contributed by atoms with van der Waals surface area (Å²) in [6.45, 7) is 1.88. The van der Waals surface area contributed by atoms with Gasteiger partial charge in [0.1, 0.15) is 5.75 Å². The highest BCUT2D eigenvalue weighted by Crippen LogP contribution is 2.05. The van der Waals surface area contributed by atoms with Crippen molar-refractivity contribution >= 4 is 11.2 Å². The Morgan fingerprint density at radius 2 is 2.50 bits per heavy atom. The van der Waals surface area contributed by atoms with E-state index in [1.807, 2.05) is 14.0 Å². The molecule has 1 unspecified atom stereocenters. The average molecular weight is 158 g/mol. The van der Waals surface area contributed by atoms with E-state index in [-0.39, 0.29) is 0 Å². The Morgan fingerprint density at radius 3 is 2.90 bits per heavy atom. The molecule has 0 amide bonds. The van der Waals surface area contributed by atoms with Gasteiger partial charge >= 0.3 is 0 Å². The molecule has 3 nitrogen and oxygen atoms in total. The molecule has 56 valence electrons. The molecule has 0 bridgehead atoms. The minimum absolute atomic E-state index is 0.636. The van der Waals surface area contributed by atoms with Crippen molar-refractivity contribution in [3.05, 3.63) is 12.3 Å². The minimum Gasteiger partial charge on any atom is -0.610 e. The lowest BCUT2D eigenvalue weighted by atomic mass is 10.7. The Kier molecular flexibility index (Phi) is 2.34. The van der Waals surface area contributed by atoms with E-state index in [9.17, 15) is 4.55 Å². The summed E-state index contributed by atoms with van der Waals surface area (Å²) < 4.78 is 12.7. The van der Waals surface area contributed by atoms with Crippen molar-refractivity contribution in [3.63, 3.8) is 0 Å². The van der Waals surface area contributed by atoms with Crippen molar-refractivity contribution in [2.45, 2.75) is 11.9 Å². The summed E-state index contributed by atoms with van der Waals surface area (Å²) in [5, 5.41) is 4.67. The largest absolute Gasteiger partial charge is 0.610 e. The summed E-state index contributed by atoms with van der Waals surface area (Å²) in [7, 11) is 1.82. The molecule has 1 rings (SSSR count). The first kappa shape index (κ1) is 7.63. The van der Waals surface area contributed by atoms with Crippen LogP contribution in [0.1, 0.15) is 6.92 Å². The van der Waals surface area contributed by atoms with Crippen LogP contribution in [0, 0.1) is 0 Å². The molecule has 0 radical (unpaired) electrons. The molecule has 1 aromatic rings. The van der Waals surface area contributed by atoms with Crippen LogP contribution in [-0.4, -0.2) is 20.1 Å². The zero-order valence-corrected chi connectivity index (χ0v) is 6.89. The first-order chi connectivity index (χ1) is 4.74. The van der Waals surface area contributed by atoms with Crippen LogP contribution in [0.2, 0.25) is 0 Å². The Bertz CT molecular complexity index is 211. The van der Waals surface area contributed by atoms with Gasteiger partial charge < -0.3 is 4.55 Å². The standard InChI is InChI=1S/C6H10N2OS/c1-3-10(9)6-4-5-8(2)7-6/h4-5H,3H2,1-2H3. The normalized spacial score (nSPS) is 13.5. The summed E-state index contributed by atoms with van der Waals surface area (Å²) in [6.07, 6.45) is 1.79. The summed E-state index contributed by atoms with van der Waals surface area (Å²) in [4.78, 5) is 0. The van der Waals surface area contributed by atoms with Crippen LogP contribution < -0.4 is 0 Å². The van der Waals surface area contributed by atoms with E-state index in [1.54, 1.807) is 16.9 Å². The maximum Gasteiger partial charge on any atom is 0.262 e. The molecule has 4 heteroatoms. The average Bonchev–Trinajstić information content (AvgIpc) is 2.34. The molecule has 10 heavy (non-hydrogen) atoms. The topological polar surface area (TPSA) is 40.9 Å². The van der Waals surface area contributed by atoms with Gasteiger partial charge in [-0.1, -0.05) is 0 Å². The fourth-order valence-corrected chi connectivity index (χ4v) is 1.39. The third kappa shape index (κ3) is 1.52. The van der Waals surface area contributed by atoms with Gasteiger partial charge in [0.05, 0.1) is 0 Å². The molecule has 0 aliphatic rings. The highest BCUT2D eigenvalue weighted by molar-refractivity contribution is 7.91. The predicted octanol–water partition coefficient (Wildman–Crippen LogP) is 0.548. The first-order valence-corrected chi connectivity index (χ1v) is 4.44. The lowest BCUT2D eigenvalue weighted by Crippen LogP contribution is -2.05. The van der Waals surface area contributed by atoms with Gasteiger partial charge in [-0.25, -0.2) is 0 Å². The quantitative estimate of drug-likeness (QED) is 0.590. The molecule has 0 saturated carbocycles. The molecular weight excluding hydrogens is 148 g/mol. The SMILES string of the molecule is CC[S+]([O-])c1ccn(C)n1. The van der Waals surface area contributed by atoms with Crippen LogP contribution in [0.4, 0.5) is 0 Å². The van der Waals surface area contributed by atoms with Gasteiger partial charge in [0.25, 0.3) is 5.03 Å². The second-order valence-electron chi connectivity index (χ2n) is 1.96. The third-order valence-electron chi connectivity index (χ3n) is 1.18. The maximum absolute atomic E-state index is 11.1. The zero-order chi connectivity index (χ0) is 7.56. The summed E-state index contributed by atoms with van der Waals surface area (Å²) in [5.41, 5.74) is 0. The van der Waals surface area contributed by atoms with E-state index in [0.29, 0.717) is 10.8 Å². The monoisotopic (exact) mass is 158 g/mol. The molecule has 0 aliphatic heterocycles. The number of aryl methyl sites for hydroxylation is 1. The molecular formula is C6H10N2OS. The molecule has 1 heterocycles. The van der Waals surface area contributed by atoms with E-state index in [4.69, 9.17) is 0 Å². The van der Waals surface area contributed by atoms with Gasteiger partial charge in [0, 0.05) is 30.5 Å². The van der Waals surface area contributed by atoms with Crippen molar-refractivity contribution in [3.8, 4) is 0 Å². The highest BCUT2D eigenvalue weighted by atomic mass is 32.2. The molecule has 0 fully saturated rings. The van der Waals surface area contributed by atoms with Gasteiger partial charge in [-0.05, 0) is 6.92 Å². The van der Waals surface area contributed by atoms with Crippen molar-refractivity contribution < 1.29 is 4.55 Å². The second kappa shape index (κ2) is 3.07. The van der Waals surface area contributed by atoms with E-state index < -0.39 is 11.2 Å². The fraction of sp³-hybridized carbons (Fsp3) is 0.500. The lowest BCUT2D eigenvalue weighted by Gasteiger charge is -2.01. The number of hydrogen-bond donors (Lipinski definition) is 0. The smallest absolute Gasteiger partial charge is 0.262 e. The fourth-order valence-electron chi connectivity index (χ4n) is 0.663. The molecule has 0 saturated heterocycles. The van der Waals surface area contributed by atoms with Crippen LogP contribution in [0.5, 0.6) is 0 Å². The van der Waals surface area contributed by atoms with Gasteiger partial charge in [0.2, 0.25) is 0 Å². The van der Waals surface area contributed by atoms with Crippen LogP contribution in [0.25, 0.3) is 0 Å². The number of hydrogen-bond acceptors (Lipinski definition) is 2. The first-order valence-electron chi connectivity index (χ1n) is 3.12. The van der Waals surface area contributed by atoms with Crippen LogP contribution in [0.15, 0.2) is 17.3 Å². The van der Waals surface area contributed by atoms with E-state index in [0.717, 1.165) is 0 Å². The van der Waals surface area contributed by atoms with Crippen LogP contribution in [0.3, 0.4) is 0 Å². The molecule has 0 aromatic carbocycles. The van der Waals surface area contributed by atoms with Crippen LogP contribution in [-0.2, 0) is 18.2 Å². The molecule has 1 aromatic heterocycles. The minimum atomic E-state index is -0.901. The van der Waals surface area contributed by atoms with E-state index in [2.05, 4.69) is 5.10 Å². The lowest BCUT2D eigenvalue weighted by molar-refractivity contribution is 0.588. The van der Waals surface area contributed by atoms with Gasteiger partial charge in [0.15, 0.2) is 0 Å². The number of rotatable bonds is 2. The maximum atomic E-state index is 11.1. The second-order valence-corrected chi connectivity index (χ2v) is 3.65. The van der Waals surface area contributed by atoms with Gasteiger partial charge in [-0.2, -0.15) is 0 Å². The van der Waals surface area contributed by atoms with Crippen molar-refractivity contribution in [2.24, 2.45) is 7.05 Å². The Hall–Kier alpha value is -0.480. The van der Waals surface area contributed by atoms with Crippen molar-refractivity contribution in [2.75, 3.05) is 5.75 Å². The Morgan fingerprint density at radius 1 is 1.80 bits per heavy atom. The Balaban J connectivity index is 2.74. The Labute approximate surface area is 63.2 Å². The van der Waals surface area contributed by atoms with Crippen molar-refractivity contribution in [1.82, 2.24) is 9.78 Å². The summed E-state index contributed by atoms with van der Waals surface area (Å²) in [5.74, 6) is 0.636. The van der Waals surface area contributed by atoms with Crippen molar-refractivity contribution in [1.29, 1.82) is 0 Å². The third-order valence-corrected chi connectivity index (χ3v) is 2.39. The van der Waals surface area contributed by atoms with Crippen LogP contribution >= 0.6 is 0 Å². The van der Waals surface area contributed by atoms with Gasteiger partial charge in [-0.3, -0.25) is 4.68 Å². The van der Waals surface area contributed by atoms with E-state index in [1.165, 1.54) is 0 Å². The number of aromatic nitrogens is 2. The summed E-state index contributed by atoms with van der Waals surface area (Å²) >= 11 is -0.901. The molecule has 0 aliphatic carbocycles. The zero-order valence-electron chi connectivity index (χ0n) is 6.07. The van der Waals surface area contributed by atoms with E-state index >= 15 is 0 Å². The predicted molar refractivity (Wildman–Crippen MR) is 40.2 cm³/mol. The molecule has 1 atom stereocenters. The molecule has 0 N–H and O–H groups in total.